The monoisotopic (exact) mass is 461 g/mol. The van der Waals surface area contributed by atoms with Crippen LogP contribution in [0, 0.1) is 17.8 Å². The zero-order valence-corrected chi connectivity index (χ0v) is 20.7. The van der Waals surface area contributed by atoms with Crippen molar-refractivity contribution in [2.75, 3.05) is 13.2 Å². The second kappa shape index (κ2) is 9.80. The first-order valence-corrected chi connectivity index (χ1v) is 13.1. The van der Waals surface area contributed by atoms with Gasteiger partial charge in [0.05, 0.1) is 11.8 Å². The molecule has 0 aromatic carbocycles. The third-order valence-corrected chi connectivity index (χ3v) is 9.40. The van der Waals surface area contributed by atoms with Crippen molar-refractivity contribution in [2.24, 2.45) is 17.8 Å². The molecule has 1 aliphatic carbocycles. The Balaban J connectivity index is 2.30. The molecule has 2 N–H and O–H groups in total. The van der Waals surface area contributed by atoms with Gasteiger partial charge in [-0.3, -0.25) is 9.46 Å². The van der Waals surface area contributed by atoms with Gasteiger partial charge in [-0.2, -0.15) is 0 Å². The van der Waals surface area contributed by atoms with Crippen LogP contribution in [0.15, 0.2) is 0 Å². The second-order valence-electron chi connectivity index (χ2n) is 9.95. The first-order chi connectivity index (χ1) is 14.3. The Kier molecular flexibility index (Phi) is 8.26. The molecule has 0 aromatic rings. The molecule has 1 amide bonds. The zero-order chi connectivity index (χ0) is 23.6. The van der Waals surface area contributed by atoms with E-state index in [2.05, 4.69) is 0 Å². The number of amides is 1. The molecule has 0 aromatic heterocycles. The molecule has 8 nitrogen and oxygen atoms in total. The normalized spacial score (nSPS) is 27.4. The van der Waals surface area contributed by atoms with E-state index in [-0.39, 0.29) is 24.4 Å². The molecule has 2 fully saturated rings. The molecule has 180 valence electrons. The summed E-state index contributed by atoms with van der Waals surface area (Å²) in [4.78, 5) is 47.6. The highest BCUT2D eigenvalue weighted by molar-refractivity contribution is 7.53. The summed E-state index contributed by atoms with van der Waals surface area (Å²) < 4.78 is 23.3. The largest absolute Gasteiger partial charge is 0.464 e. The average Bonchev–Trinajstić information content (AvgIpc) is 2.66. The number of ether oxygens (including phenoxy) is 2. The van der Waals surface area contributed by atoms with Gasteiger partial charge in [0.1, 0.15) is 11.6 Å². The van der Waals surface area contributed by atoms with E-state index in [1.807, 2.05) is 13.8 Å². The Morgan fingerprint density at radius 3 is 2.16 bits per heavy atom. The van der Waals surface area contributed by atoms with Crippen molar-refractivity contribution in [2.45, 2.75) is 96.9 Å². The molecule has 1 saturated heterocycles. The number of carbonyl (C=O) groups is 2. The van der Waals surface area contributed by atoms with Crippen molar-refractivity contribution in [1.82, 2.24) is 4.90 Å². The van der Waals surface area contributed by atoms with Gasteiger partial charge in [-0.05, 0) is 84.0 Å². The minimum absolute atomic E-state index is 0.0975. The minimum atomic E-state index is -4.29. The number of rotatable bonds is 6. The Hall–Kier alpha value is -1.11. The lowest BCUT2D eigenvalue weighted by Gasteiger charge is -2.51. The Bertz CT molecular complexity index is 694. The summed E-state index contributed by atoms with van der Waals surface area (Å²) in [6, 6.07) is -0.720. The molecule has 0 radical (unpaired) electrons. The molecule has 2 rings (SSSR count). The van der Waals surface area contributed by atoms with Gasteiger partial charge in [0.25, 0.3) is 0 Å². The first kappa shape index (κ1) is 26.1. The van der Waals surface area contributed by atoms with Crippen molar-refractivity contribution in [3.8, 4) is 0 Å². The number of hydrogen-bond acceptors (Lipinski definition) is 5. The summed E-state index contributed by atoms with van der Waals surface area (Å²) in [6.07, 6.45) is 2.89. The predicted molar refractivity (Wildman–Crippen MR) is 118 cm³/mol. The zero-order valence-electron chi connectivity index (χ0n) is 19.8. The summed E-state index contributed by atoms with van der Waals surface area (Å²) in [5.41, 5.74) is -0.671. The van der Waals surface area contributed by atoms with Crippen LogP contribution in [-0.4, -0.2) is 56.7 Å². The van der Waals surface area contributed by atoms with E-state index in [4.69, 9.17) is 9.47 Å². The number of hydrogen-bond donors (Lipinski definition) is 2. The van der Waals surface area contributed by atoms with E-state index in [1.54, 1.807) is 27.7 Å². The number of nitrogens with zero attached hydrogens (tertiary/aromatic N) is 1. The van der Waals surface area contributed by atoms with Gasteiger partial charge < -0.3 is 19.3 Å². The number of esters is 1. The fraction of sp³-hybridized carbons (Fsp3) is 0.909. The molecule has 4 atom stereocenters. The van der Waals surface area contributed by atoms with Gasteiger partial charge in [0, 0.05) is 6.54 Å². The summed E-state index contributed by atoms with van der Waals surface area (Å²) in [7, 11) is -4.29. The van der Waals surface area contributed by atoms with Crippen LogP contribution in [0.2, 0.25) is 0 Å². The van der Waals surface area contributed by atoms with Crippen molar-refractivity contribution >= 4 is 19.7 Å². The highest BCUT2D eigenvalue weighted by Gasteiger charge is 2.55. The van der Waals surface area contributed by atoms with Gasteiger partial charge in [0.15, 0.2) is 0 Å². The summed E-state index contributed by atoms with van der Waals surface area (Å²) in [5, 5.41) is -1.03. The first-order valence-electron chi connectivity index (χ1n) is 11.5. The molecule has 1 aliphatic heterocycles. The van der Waals surface area contributed by atoms with Crippen molar-refractivity contribution in [1.29, 1.82) is 0 Å². The topological polar surface area (TPSA) is 113 Å². The fourth-order valence-corrected chi connectivity index (χ4v) is 7.26. The Morgan fingerprint density at radius 2 is 1.68 bits per heavy atom. The van der Waals surface area contributed by atoms with Crippen LogP contribution in [0.3, 0.4) is 0 Å². The van der Waals surface area contributed by atoms with Crippen molar-refractivity contribution < 1.29 is 33.4 Å². The molecule has 0 spiro atoms. The lowest BCUT2D eigenvalue weighted by atomic mass is 9.64. The van der Waals surface area contributed by atoms with E-state index >= 15 is 0 Å². The highest BCUT2D eigenvalue weighted by Crippen LogP contribution is 2.62. The van der Waals surface area contributed by atoms with E-state index in [0.717, 1.165) is 0 Å². The van der Waals surface area contributed by atoms with Crippen LogP contribution in [0.4, 0.5) is 4.79 Å². The minimum Gasteiger partial charge on any atom is -0.464 e. The van der Waals surface area contributed by atoms with Crippen LogP contribution in [0.1, 0.15) is 80.1 Å². The Labute approximate surface area is 186 Å². The standard InChI is InChI=1S/C22H40NO7P/c1-7-22(8-2,31(26,27)28)16-10-11-17-15(14-16)12-13-23(18(17)19(24)29-9-3)20(25)30-21(4,5)6/h15-18H,7-14H2,1-6H3,(H2,26,27,28). The molecule has 31 heavy (non-hydrogen) atoms. The summed E-state index contributed by atoms with van der Waals surface area (Å²) >= 11 is 0. The smallest absolute Gasteiger partial charge is 0.411 e. The maximum atomic E-state index is 12.9. The predicted octanol–water partition coefficient (Wildman–Crippen LogP) is 4.33. The molecule has 2 aliphatic rings. The quantitative estimate of drug-likeness (QED) is 0.447. The number of carbonyl (C=O) groups excluding carboxylic acids is 2. The van der Waals surface area contributed by atoms with Crippen LogP contribution in [0.5, 0.6) is 0 Å². The number of likely N-dealkylation sites (tertiary alicyclic amines) is 1. The third-order valence-electron chi connectivity index (χ3n) is 7.24. The third kappa shape index (κ3) is 5.45. The number of fused-ring (bicyclic) bond motifs is 1. The molecule has 9 heteroatoms. The lowest BCUT2D eigenvalue weighted by molar-refractivity contribution is -0.156. The maximum absolute atomic E-state index is 12.9. The van der Waals surface area contributed by atoms with Crippen LogP contribution in [0.25, 0.3) is 0 Å². The molecular weight excluding hydrogens is 421 g/mol. The molecule has 1 saturated carbocycles. The summed E-state index contributed by atoms with van der Waals surface area (Å²) in [5.74, 6) is -0.523. The molecular formula is C22H40NO7P. The molecule has 0 bridgehead atoms. The van der Waals surface area contributed by atoms with Crippen LogP contribution >= 0.6 is 7.60 Å². The van der Waals surface area contributed by atoms with E-state index in [1.165, 1.54) is 4.90 Å². The second-order valence-corrected chi connectivity index (χ2v) is 11.9. The van der Waals surface area contributed by atoms with Crippen molar-refractivity contribution in [3.05, 3.63) is 0 Å². The van der Waals surface area contributed by atoms with Gasteiger partial charge in [-0.25, -0.2) is 9.59 Å². The van der Waals surface area contributed by atoms with Crippen LogP contribution < -0.4 is 0 Å². The maximum Gasteiger partial charge on any atom is 0.411 e. The lowest BCUT2D eigenvalue weighted by Crippen LogP contribution is -2.58. The van der Waals surface area contributed by atoms with Crippen LogP contribution in [-0.2, 0) is 18.8 Å². The van der Waals surface area contributed by atoms with E-state index < -0.39 is 36.5 Å². The fourth-order valence-electron chi connectivity index (χ4n) is 5.73. The number of piperidine rings is 1. The van der Waals surface area contributed by atoms with Gasteiger partial charge in [0.2, 0.25) is 0 Å². The molecule has 4 unspecified atom stereocenters. The summed E-state index contributed by atoms with van der Waals surface area (Å²) in [6.45, 7) is 11.4. The van der Waals surface area contributed by atoms with Crippen molar-refractivity contribution in [3.63, 3.8) is 0 Å². The van der Waals surface area contributed by atoms with Gasteiger partial charge >= 0.3 is 19.7 Å². The van der Waals surface area contributed by atoms with Gasteiger partial charge in [-0.1, -0.05) is 13.8 Å². The van der Waals surface area contributed by atoms with Gasteiger partial charge in [-0.15, -0.1) is 0 Å². The van der Waals surface area contributed by atoms with E-state index in [9.17, 15) is 23.9 Å². The SMILES string of the molecule is CCOC(=O)C1C2CCC(C(CC)(CC)P(=O)(O)O)CC2CCN1C(=O)OC(C)(C)C. The highest BCUT2D eigenvalue weighted by atomic mass is 31.2. The van der Waals surface area contributed by atoms with E-state index in [0.29, 0.717) is 45.1 Å². The molecule has 1 heterocycles. The average molecular weight is 462 g/mol. The Morgan fingerprint density at radius 1 is 1.06 bits per heavy atom.